The zero-order chi connectivity index (χ0) is 20.9. The third kappa shape index (κ3) is 2.33. The van der Waals surface area contributed by atoms with Crippen LogP contribution in [0, 0.1) is 0 Å². The van der Waals surface area contributed by atoms with E-state index in [-0.39, 0.29) is 30.4 Å². The number of nitrogens with two attached hydrogens (primary N) is 1. The van der Waals surface area contributed by atoms with Gasteiger partial charge in [-0.2, -0.15) is 4.98 Å². The number of ether oxygens (including phenoxy) is 2. The normalized spacial score (nSPS) is 19.6. The van der Waals surface area contributed by atoms with Gasteiger partial charge in [-0.05, 0) is 19.4 Å². The molecule has 1 aromatic heterocycles. The quantitative estimate of drug-likeness (QED) is 0.767. The predicted molar refractivity (Wildman–Crippen MR) is 100 cm³/mol. The molecule has 0 bridgehead atoms. The van der Waals surface area contributed by atoms with Crippen LogP contribution >= 0.6 is 0 Å². The molecule has 9 heteroatoms. The second kappa shape index (κ2) is 6.47. The third-order valence-electron chi connectivity index (χ3n) is 5.26. The largest absolute Gasteiger partial charge is 0.466 e. The number of rotatable bonds is 4. The summed E-state index contributed by atoms with van der Waals surface area (Å²) in [4.78, 5) is 44.2. The number of allylic oxidation sites excluding steroid dienone is 1. The lowest BCUT2D eigenvalue weighted by Gasteiger charge is -2.26. The van der Waals surface area contributed by atoms with E-state index in [1.807, 2.05) is 0 Å². The molecule has 1 amide bonds. The molecule has 1 aliphatic heterocycles. The van der Waals surface area contributed by atoms with Crippen molar-refractivity contribution in [1.82, 2.24) is 9.88 Å². The lowest BCUT2D eigenvalue weighted by atomic mass is 9.74. The van der Waals surface area contributed by atoms with E-state index in [4.69, 9.17) is 19.6 Å². The SMILES string of the molecule is CCOC(=O)CN1C(=O)[C@@]2(C(C(=O)OC)=C1C)c1ccccc1-c1oc(N)nc12. The molecular formula is C20H19N3O6. The first-order chi connectivity index (χ1) is 13.9. The van der Waals surface area contributed by atoms with Crippen LogP contribution in [0.4, 0.5) is 6.01 Å². The Bertz CT molecular complexity index is 1090. The van der Waals surface area contributed by atoms with E-state index >= 15 is 0 Å². The van der Waals surface area contributed by atoms with Crippen LogP contribution in [0.2, 0.25) is 0 Å². The van der Waals surface area contributed by atoms with Crippen LogP contribution in [0.5, 0.6) is 0 Å². The fourth-order valence-corrected chi connectivity index (χ4v) is 4.18. The number of oxazole rings is 1. The summed E-state index contributed by atoms with van der Waals surface area (Å²) < 4.78 is 15.6. The molecule has 4 rings (SSSR count). The molecule has 0 radical (unpaired) electrons. The molecule has 2 N–H and O–H groups in total. The number of hydrogen-bond donors (Lipinski definition) is 1. The predicted octanol–water partition coefficient (Wildman–Crippen LogP) is 1.38. The maximum Gasteiger partial charge on any atom is 0.337 e. The minimum atomic E-state index is -1.60. The van der Waals surface area contributed by atoms with Crippen LogP contribution in [0.3, 0.4) is 0 Å². The molecule has 1 aromatic carbocycles. The van der Waals surface area contributed by atoms with Gasteiger partial charge in [-0.15, -0.1) is 0 Å². The Kier molecular flexibility index (Phi) is 4.18. The van der Waals surface area contributed by atoms with Gasteiger partial charge in [-0.3, -0.25) is 9.59 Å². The highest BCUT2D eigenvalue weighted by atomic mass is 16.5. The van der Waals surface area contributed by atoms with Crippen molar-refractivity contribution in [2.75, 3.05) is 26.0 Å². The molecule has 1 spiro atoms. The number of methoxy groups -OCH3 is 1. The Balaban J connectivity index is 2.00. The molecule has 1 aliphatic carbocycles. The number of esters is 2. The molecule has 2 heterocycles. The van der Waals surface area contributed by atoms with Gasteiger partial charge in [0.25, 0.3) is 6.01 Å². The number of nitrogens with zero attached hydrogens (tertiary/aromatic N) is 2. The summed E-state index contributed by atoms with van der Waals surface area (Å²) in [5, 5.41) is 0. The van der Waals surface area contributed by atoms with E-state index in [1.54, 1.807) is 38.1 Å². The van der Waals surface area contributed by atoms with Crippen LogP contribution in [-0.2, 0) is 29.3 Å². The Morgan fingerprint density at radius 2 is 2.03 bits per heavy atom. The average Bonchev–Trinajstić information content (AvgIpc) is 3.27. The molecule has 150 valence electrons. The number of amides is 1. The average molecular weight is 397 g/mol. The third-order valence-corrected chi connectivity index (χ3v) is 5.26. The Morgan fingerprint density at radius 1 is 1.31 bits per heavy atom. The number of carbonyl (C=O) groups is 3. The molecule has 2 aromatic rings. The van der Waals surface area contributed by atoms with E-state index in [1.165, 1.54) is 12.0 Å². The highest BCUT2D eigenvalue weighted by molar-refractivity contribution is 6.14. The number of fused-ring (bicyclic) bond motifs is 5. The van der Waals surface area contributed by atoms with Crippen molar-refractivity contribution in [2.45, 2.75) is 19.3 Å². The van der Waals surface area contributed by atoms with E-state index in [0.29, 0.717) is 22.6 Å². The smallest absolute Gasteiger partial charge is 0.337 e. The zero-order valence-electron chi connectivity index (χ0n) is 16.1. The van der Waals surface area contributed by atoms with Gasteiger partial charge in [0.05, 0.1) is 19.3 Å². The zero-order valence-corrected chi connectivity index (χ0v) is 16.1. The first-order valence-electron chi connectivity index (χ1n) is 9.01. The molecule has 29 heavy (non-hydrogen) atoms. The fraction of sp³-hybridized carbons (Fsp3) is 0.300. The number of benzene rings is 1. The summed E-state index contributed by atoms with van der Waals surface area (Å²) in [5.41, 5.74) is 5.89. The summed E-state index contributed by atoms with van der Waals surface area (Å²) >= 11 is 0. The number of hydrogen-bond acceptors (Lipinski definition) is 8. The van der Waals surface area contributed by atoms with E-state index in [2.05, 4.69) is 4.98 Å². The van der Waals surface area contributed by atoms with Gasteiger partial charge < -0.3 is 24.5 Å². The van der Waals surface area contributed by atoms with Gasteiger partial charge in [0.1, 0.15) is 12.2 Å². The topological polar surface area (TPSA) is 125 Å². The number of aromatic nitrogens is 1. The Labute approximate surface area is 166 Å². The van der Waals surface area contributed by atoms with Crippen LogP contribution < -0.4 is 5.73 Å². The maximum absolute atomic E-state index is 13.8. The fourth-order valence-electron chi connectivity index (χ4n) is 4.18. The van der Waals surface area contributed by atoms with E-state index in [9.17, 15) is 14.4 Å². The van der Waals surface area contributed by atoms with Crippen molar-refractivity contribution in [3.63, 3.8) is 0 Å². The lowest BCUT2D eigenvalue weighted by Crippen LogP contribution is -2.43. The van der Waals surface area contributed by atoms with Crippen molar-refractivity contribution in [3.05, 3.63) is 46.8 Å². The summed E-state index contributed by atoms with van der Waals surface area (Å²) in [6.45, 7) is 3.09. The minimum Gasteiger partial charge on any atom is -0.466 e. The van der Waals surface area contributed by atoms with Crippen molar-refractivity contribution in [2.24, 2.45) is 0 Å². The van der Waals surface area contributed by atoms with Crippen molar-refractivity contribution in [3.8, 4) is 11.3 Å². The molecule has 1 atom stereocenters. The number of carbonyl (C=O) groups excluding carboxylic acids is 3. The van der Waals surface area contributed by atoms with Gasteiger partial charge in [0.2, 0.25) is 5.91 Å². The molecule has 0 saturated heterocycles. The van der Waals surface area contributed by atoms with Gasteiger partial charge in [0.15, 0.2) is 11.2 Å². The number of nitrogen functional groups attached to an aromatic ring is 1. The van der Waals surface area contributed by atoms with Crippen molar-refractivity contribution < 1.29 is 28.3 Å². The number of anilines is 1. The first-order valence-corrected chi connectivity index (χ1v) is 9.01. The summed E-state index contributed by atoms with van der Waals surface area (Å²) in [7, 11) is 1.23. The summed E-state index contributed by atoms with van der Waals surface area (Å²) in [6, 6.07) is 6.90. The highest BCUT2D eigenvalue weighted by Crippen LogP contribution is 2.57. The standard InChI is InChI=1S/C20H19N3O6/c1-4-28-13(24)9-23-10(2)14(17(25)27-3)20(18(23)26)12-8-6-5-7-11(12)15-16(20)22-19(21)29-15/h5-8H,4,9H2,1-3H3,(H2,21,22)/t20-/m1/s1. The lowest BCUT2D eigenvalue weighted by molar-refractivity contribution is -0.147. The molecule has 2 aliphatic rings. The van der Waals surface area contributed by atoms with Crippen LogP contribution in [0.1, 0.15) is 25.1 Å². The van der Waals surface area contributed by atoms with Crippen molar-refractivity contribution >= 4 is 23.9 Å². The Morgan fingerprint density at radius 3 is 2.72 bits per heavy atom. The maximum atomic E-state index is 13.8. The second-order valence-corrected chi connectivity index (χ2v) is 6.67. The summed E-state index contributed by atoms with van der Waals surface area (Å²) in [5.74, 6) is -1.49. The van der Waals surface area contributed by atoms with E-state index in [0.717, 1.165) is 0 Å². The monoisotopic (exact) mass is 397 g/mol. The van der Waals surface area contributed by atoms with Gasteiger partial charge in [-0.25, -0.2) is 4.79 Å². The highest BCUT2D eigenvalue weighted by Gasteiger charge is 2.63. The van der Waals surface area contributed by atoms with Crippen molar-refractivity contribution in [1.29, 1.82) is 0 Å². The molecule has 9 nitrogen and oxygen atoms in total. The minimum absolute atomic E-state index is 0.0776. The molecule has 0 fully saturated rings. The molecular weight excluding hydrogens is 378 g/mol. The van der Waals surface area contributed by atoms with Gasteiger partial charge in [0, 0.05) is 11.3 Å². The molecule has 0 saturated carbocycles. The molecule has 0 unspecified atom stereocenters. The van der Waals surface area contributed by atoms with Crippen LogP contribution in [-0.4, -0.2) is 48.0 Å². The Hall–Kier alpha value is -3.62. The first kappa shape index (κ1) is 18.7. The van der Waals surface area contributed by atoms with Crippen LogP contribution in [0.25, 0.3) is 11.3 Å². The van der Waals surface area contributed by atoms with Gasteiger partial charge >= 0.3 is 11.9 Å². The van der Waals surface area contributed by atoms with E-state index < -0.39 is 23.3 Å². The van der Waals surface area contributed by atoms with Gasteiger partial charge in [-0.1, -0.05) is 24.3 Å². The second-order valence-electron chi connectivity index (χ2n) is 6.67. The summed E-state index contributed by atoms with van der Waals surface area (Å²) in [6.07, 6.45) is 0. The van der Waals surface area contributed by atoms with Crippen LogP contribution in [0.15, 0.2) is 40.0 Å².